The third-order valence-electron chi connectivity index (χ3n) is 6.87. The van der Waals surface area contributed by atoms with E-state index in [1.165, 1.54) is 21.9 Å². The molecule has 0 amide bonds. The molecule has 2 heteroatoms. The third-order valence-corrected chi connectivity index (χ3v) is 6.87. The molecule has 0 radical (unpaired) electrons. The van der Waals surface area contributed by atoms with Crippen LogP contribution in [0.1, 0.15) is 0 Å². The van der Waals surface area contributed by atoms with Crippen LogP contribution in [0.15, 0.2) is 138 Å². The molecular weight excluding hydrogens is 438 g/mol. The lowest BCUT2D eigenvalue weighted by atomic mass is 9.98. The summed E-state index contributed by atoms with van der Waals surface area (Å²) in [5, 5.41) is 8.38. The molecule has 0 aliphatic rings. The van der Waals surface area contributed by atoms with E-state index < -0.39 is 0 Å². The number of rotatable bonds is 4. The molecule has 0 atom stereocenters. The number of benzene rings is 6. The SMILES string of the molecule is c1ccc(-c2cccc3c2oc2cccc(Nc4ccc(-c5cccc6ccccc56)cc4)c23)cc1. The summed E-state index contributed by atoms with van der Waals surface area (Å²) >= 11 is 0. The lowest BCUT2D eigenvalue weighted by Crippen LogP contribution is -1.91. The van der Waals surface area contributed by atoms with Crippen LogP contribution in [0, 0.1) is 0 Å². The van der Waals surface area contributed by atoms with E-state index in [1.54, 1.807) is 0 Å². The zero-order valence-corrected chi connectivity index (χ0v) is 19.6. The normalized spacial score (nSPS) is 11.3. The van der Waals surface area contributed by atoms with E-state index in [-0.39, 0.29) is 0 Å². The van der Waals surface area contributed by atoms with Crippen molar-refractivity contribution in [3.05, 3.63) is 133 Å². The van der Waals surface area contributed by atoms with Crippen LogP contribution in [0.5, 0.6) is 0 Å². The van der Waals surface area contributed by atoms with E-state index in [0.717, 1.165) is 44.4 Å². The van der Waals surface area contributed by atoms with Gasteiger partial charge in [-0.3, -0.25) is 0 Å². The van der Waals surface area contributed by atoms with Gasteiger partial charge in [0.25, 0.3) is 0 Å². The first kappa shape index (κ1) is 20.5. The molecule has 0 bridgehead atoms. The van der Waals surface area contributed by atoms with Crippen molar-refractivity contribution in [1.82, 2.24) is 0 Å². The van der Waals surface area contributed by atoms with Crippen LogP contribution >= 0.6 is 0 Å². The number of nitrogens with one attached hydrogen (secondary N) is 1. The summed E-state index contributed by atoms with van der Waals surface area (Å²) in [6.07, 6.45) is 0. The predicted octanol–water partition coefficient (Wildman–Crippen LogP) is 9.82. The average molecular weight is 462 g/mol. The van der Waals surface area contributed by atoms with E-state index in [4.69, 9.17) is 4.42 Å². The first-order chi connectivity index (χ1) is 17.8. The summed E-state index contributed by atoms with van der Waals surface area (Å²) < 4.78 is 6.39. The highest BCUT2D eigenvalue weighted by Gasteiger charge is 2.15. The maximum absolute atomic E-state index is 6.39. The Labute approximate surface area is 209 Å². The minimum atomic E-state index is 0.880. The molecule has 170 valence electrons. The minimum Gasteiger partial charge on any atom is -0.455 e. The first-order valence-electron chi connectivity index (χ1n) is 12.2. The van der Waals surface area contributed by atoms with Crippen LogP contribution in [0.25, 0.3) is 55.0 Å². The van der Waals surface area contributed by atoms with Crippen LogP contribution in [-0.4, -0.2) is 0 Å². The molecular formula is C34H23NO. The molecule has 0 unspecified atom stereocenters. The highest BCUT2D eigenvalue weighted by Crippen LogP contribution is 2.40. The summed E-state index contributed by atoms with van der Waals surface area (Å²) in [6.45, 7) is 0. The van der Waals surface area contributed by atoms with Gasteiger partial charge >= 0.3 is 0 Å². The smallest absolute Gasteiger partial charge is 0.143 e. The summed E-state index contributed by atoms with van der Waals surface area (Å²) in [5.74, 6) is 0. The number of furan rings is 1. The lowest BCUT2D eigenvalue weighted by Gasteiger charge is -2.10. The van der Waals surface area contributed by atoms with E-state index in [0.29, 0.717) is 0 Å². The summed E-state index contributed by atoms with van der Waals surface area (Å²) in [7, 11) is 0. The van der Waals surface area contributed by atoms with Crippen LogP contribution in [0.4, 0.5) is 11.4 Å². The second-order valence-electron chi connectivity index (χ2n) is 9.06. The molecule has 0 spiro atoms. The Balaban J connectivity index is 1.28. The maximum Gasteiger partial charge on any atom is 0.143 e. The van der Waals surface area contributed by atoms with Crippen LogP contribution in [0.2, 0.25) is 0 Å². The van der Waals surface area contributed by atoms with Gasteiger partial charge in [0.05, 0.1) is 11.1 Å². The molecule has 0 aliphatic carbocycles. The van der Waals surface area contributed by atoms with Crippen molar-refractivity contribution in [2.45, 2.75) is 0 Å². The van der Waals surface area contributed by atoms with Crippen molar-refractivity contribution in [3.8, 4) is 22.3 Å². The number of fused-ring (bicyclic) bond motifs is 4. The summed E-state index contributed by atoms with van der Waals surface area (Å²) in [5.41, 5.74) is 8.59. The molecule has 7 aromatic rings. The van der Waals surface area contributed by atoms with Gasteiger partial charge in [0.15, 0.2) is 0 Å². The van der Waals surface area contributed by atoms with Gasteiger partial charge in [0.2, 0.25) is 0 Å². The fourth-order valence-corrected chi connectivity index (χ4v) is 5.16. The van der Waals surface area contributed by atoms with Gasteiger partial charge in [-0.25, -0.2) is 0 Å². The molecule has 1 N–H and O–H groups in total. The molecule has 2 nitrogen and oxygen atoms in total. The monoisotopic (exact) mass is 461 g/mol. The van der Waals surface area contributed by atoms with Crippen molar-refractivity contribution >= 4 is 44.1 Å². The zero-order chi connectivity index (χ0) is 23.9. The number of hydrogen-bond donors (Lipinski definition) is 1. The molecule has 1 aromatic heterocycles. The average Bonchev–Trinajstić information content (AvgIpc) is 3.34. The van der Waals surface area contributed by atoms with Crippen molar-refractivity contribution in [2.24, 2.45) is 0 Å². The Morgan fingerprint density at radius 1 is 0.472 bits per heavy atom. The van der Waals surface area contributed by atoms with Gasteiger partial charge in [-0.05, 0) is 51.7 Å². The van der Waals surface area contributed by atoms with E-state index in [9.17, 15) is 0 Å². The quantitative estimate of drug-likeness (QED) is 0.282. The van der Waals surface area contributed by atoms with Crippen molar-refractivity contribution in [1.29, 1.82) is 0 Å². The Kier molecular flexibility index (Phi) is 4.82. The Hall–Kier alpha value is -4.82. The molecule has 0 saturated heterocycles. The van der Waals surface area contributed by atoms with Gasteiger partial charge in [0, 0.05) is 16.6 Å². The molecule has 36 heavy (non-hydrogen) atoms. The largest absolute Gasteiger partial charge is 0.455 e. The standard InChI is InChI=1S/C34H23NO/c1-2-9-24(10-3-1)29-15-7-16-30-33-31(17-8-18-32(33)36-34(29)30)35-26-21-19-25(20-22-26)28-14-6-12-23-11-4-5-13-27(23)28/h1-22,35H. The maximum atomic E-state index is 6.39. The van der Waals surface area contributed by atoms with Gasteiger partial charge in [-0.2, -0.15) is 0 Å². The lowest BCUT2D eigenvalue weighted by molar-refractivity contribution is 0.670. The first-order valence-corrected chi connectivity index (χ1v) is 12.2. The number of hydrogen-bond acceptors (Lipinski definition) is 2. The number of para-hydroxylation sites is 1. The second-order valence-corrected chi connectivity index (χ2v) is 9.06. The zero-order valence-electron chi connectivity index (χ0n) is 19.6. The molecule has 7 rings (SSSR count). The second kappa shape index (κ2) is 8.44. The van der Waals surface area contributed by atoms with E-state index in [1.807, 2.05) is 18.2 Å². The summed E-state index contributed by atoms with van der Waals surface area (Å²) in [4.78, 5) is 0. The topological polar surface area (TPSA) is 25.2 Å². The third kappa shape index (κ3) is 3.43. The van der Waals surface area contributed by atoms with Crippen LogP contribution in [0.3, 0.4) is 0 Å². The van der Waals surface area contributed by atoms with E-state index in [2.05, 4.69) is 121 Å². The fourth-order valence-electron chi connectivity index (χ4n) is 5.16. The van der Waals surface area contributed by atoms with Crippen molar-refractivity contribution < 1.29 is 4.42 Å². The highest BCUT2D eigenvalue weighted by atomic mass is 16.3. The van der Waals surface area contributed by atoms with Crippen LogP contribution < -0.4 is 5.32 Å². The molecule has 0 fully saturated rings. The molecule has 0 aliphatic heterocycles. The summed E-state index contributed by atoms with van der Waals surface area (Å²) in [6, 6.07) is 46.6. The Bertz CT molecular complexity index is 1840. The van der Waals surface area contributed by atoms with Gasteiger partial charge < -0.3 is 9.73 Å². The van der Waals surface area contributed by atoms with Crippen LogP contribution in [-0.2, 0) is 0 Å². The predicted molar refractivity (Wildman–Crippen MR) is 152 cm³/mol. The highest BCUT2D eigenvalue weighted by molar-refractivity contribution is 6.15. The van der Waals surface area contributed by atoms with Gasteiger partial charge in [-0.1, -0.05) is 109 Å². The van der Waals surface area contributed by atoms with Crippen molar-refractivity contribution in [3.63, 3.8) is 0 Å². The van der Waals surface area contributed by atoms with E-state index >= 15 is 0 Å². The molecule has 6 aromatic carbocycles. The molecule has 1 heterocycles. The minimum absolute atomic E-state index is 0.880. The number of anilines is 2. The van der Waals surface area contributed by atoms with Crippen molar-refractivity contribution in [2.75, 3.05) is 5.32 Å². The Morgan fingerprint density at radius 2 is 1.14 bits per heavy atom. The molecule has 0 saturated carbocycles. The van der Waals surface area contributed by atoms with Gasteiger partial charge in [0.1, 0.15) is 11.2 Å². The Morgan fingerprint density at radius 3 is 2.03 bits per heavy atom. The fraction of sp³-hybridized carbons (Fsp3) is 0. The van der Waals surface area contributed by atoms with Gasteiger partial charge in [-0.15, -0.1) is 0 Å².